The maximum atomic E-state index is 12.0. The van der Waals surface area contributed by atoms with Gasteiger partial charge in [-0.05, 0) is 6.42 Å². The van der Waals surface area contributed by atoms with Crippen LogP contribution in [0.2, 0.25) is 10.0 Å². The molecule has 0 unspecified atom stereocenters. The average Bonchev–Trinajstić information content (AvgIpc) is 3.03. The van der Waals surface area contributed by atoms with Crippen LogP contribution in [0.1, 0.15) is 12.8 Å². The lowest BCUT2D eigenvalue weighted by Gasteiger charge is -2.19. The second kappa shape index (κ2) is 7.35. The number of nitro groups is 1. The monoisotopic (exact) mass is 397 g/mol. The van der Waals surface area contributed by atoms with Crippen molar-refractivity contribution >= 4 is 40.5 Å². The number of nitro benzene ring substituents is 1. The van der Waals surface area contributed by atoms with Crippen molar-refractivity contribution in [3.05, 3.63) is 44.6 Å². The fourth-order valence-electron chi connectivity index (χ4n) is 2.60. The highest BCUT2D eigenvalue weighted by molar-refractivity contribution is 6.37. The summed E-state index contributed by atoms with van der Waals surface area (Å²) in [7, 11) is 1.46. The molecule has 1 aromatic carbocycles. The first-order valence-corrected chi connectivity index (χ1v) is 8.32. The van der Waals surface area contributed by atoms with Crippen molar-refractivity contribution in [1.29, 1.82) is 0 Å². The predicted octanol–water partition coefficient (Wildman–Crippen LogP) is 4.22. The van der Waals surface area contributed by atoms with E-state index in [0.717, 1.165) is 18.6 Å². The molecular formula is C16H13Cl2N3O5. The fourth-order valence-corrected chi connectivity index (χ4v) is 3.15. The molecule has 10 heteroatoms. The number of ether oxygens (including phenoxy) is 2. The highest BCUT2D eigenvalue weighted by atomic mass is 35.5. The van der Waals surface area contributed by atoms with E-state index in [4.69, 9.17) is 32.7 Å². The van der Waals surface area contributed by atoms with Crippen LogP contribution in [0.5, 0.6) is 17.4 Å². The third-order valence-electron chi connectivity index (χ3n) is 3.78. The number of non-ortho nitro benzene ring substituents is 1. The predicted molar refractivity (Wildman–Crippen MR) is 95.6 cm³/mol. The van der Waals surface area contributed by atoms with E-state index < -0.39 is 4.92 Å². The van der Waals surface area contributed by atoms with Gasteiger partial charge in [0, 0.05) is 31.2 Å². The highest BCUT2D eigenvalue weighted by Gasteiger charge is 2.26. The summed E-state index contributed by atoms with van der Waals surface area (Å²) in [5.74, 6) is 0.574. The Balaban J connectivity index is 1.96. The van der Waals surface area contributed by atoms with Crippen molar-refractivity contribution in [2.75, 3.05) is 18.6 Å². The molecule has 0 bridgehead atoms. The smallest absolute Gasteiger partial charge is 0.272 e. The number of aromatic nitrogens is 1. The van der Waals surface area contributed by atoms with E-state index in [1.165, 1.54) is 13.3 Å². The van der Waals surface area contributed by atoms with E-state index in [2.05, 4.69) is 4.98 Å². The Bertz CT molecular complexity index is 867. The summed E-state index contributed by atoms with van der Waals surface area (Å²) >= 11 is 12.1. The Morgan fingerprint density at radius 1 is 1.27 bits per heavy atom. The summed E-state index contributed by atoms with van der Waals surface area (Å²) < 4.78 is 10.9. The standard InChI is InChI=1S/C16H13Cl2N3O5/c1-25-16-13(20-4-2-3-14(20)22)7-10(8-19-16)26-15-11(17)5-9(21(23)24)6-12(15)18/h5-8H,2-4H2,1H3. The lowest BCUT2D eigenvalue weighted by atomic mass is 10.3. The molecule has 0 aliphatic carbocycles. The van der Waals surface area contributed by atoms with Crippen molar-refractivity contribution in [2.24, 2.45) is 0 Å². The number of hydrogen-bond donors (Lipinski definition) is 0. The second-order valence-electron chi connectivity index (χ2n) is 5.45. The third-order valence-corrected chi connectivity index (χ3v) is 4.34. The van der Waals surface area contributed by atoms with Gasteiger partial charge in [-0.1, -0.05) is 23.2 Å². The normalized spacial score (nSPS) is 13.8. The van der Waals surface area contributed by atoms with Gasteiger partial charge in [-0.3, -0.25) is 14.9 Å². The van der Waals surface area contributed by atoms with Crippen molar-refractivity contribution in [3.8, 4) is 17.4 Å². The Labute approximate surface area is 158 Å². The summed E-state index contributed by atoms with van der Waals surface area (Å²) in [5.41, 5.74) is 0.227. The lowest BCUT2D eigenvalue weighted by Crippen LogP contribution is -2.24. The number of anilines is 1. The SMILES string of the molecule is COc1ncc(Oc2c(Cl)cc([N+](=O)[O-])cc2Cl)cc1N1CCCC1=O. The Hall–Kier alpha value is -2.58. The zero-order chi connectivity index (χ0) is 18.8. The molecular weight excluding hydrogens is 385 g/mol. The molecule has 0 N–H and O–H groups in total. The quantitative estimate of drug-likeness (QED) is 0.553. The summed E-state index contributed by atoms with van der Waals surface area (Å²) in [6.07, 6.45) is 2.58. The van der Waals surface area contributed by atoms with Crippen LogP contribution in [0.25, 0.3) is 0 Å². The van der Waals surface area contributed by atoms with E-state index in [1.54, 1.807) is 11.0 Å². The minimum atomic E-state index is -0.604. The number of carbonyl (C=O) groups excluding carboxylic acids is 1. The van der Waals surface area contributed by atoms with Gasteiger partial charge in [-0.25, -0.2) is 4.98 Å². The van der Waals surface area contributed by atoms with Crippen LogP contribution >= 0.6 is 23.2 Å². The molecule has 1 aliphatic rings. The first-order chi connectivity index (χ1) is 12.4. The van der Waals surface area contributed by atoms with Crippen molar-refractivity contribution in [3.63, 3.8) is 0 Å². The number of methoxy groups -OCH3 is 1. The first kappa shape index (κ1) is 18.2. The van der Waals surface area contributed by atoms with E-state index in [9.17, 15) is 14.9 Å². The molecule has 1 amide bonds. The minimum Gasteiger partial charge on any atom is -0.480 e. The molecule has 1 aliphatic heterocycles. The van der Waals surface area contributed by atoms with Crippen LogP contribution < -0.4 is 14.4 Å². The van der Waals surface area contributed by atoms with Gasteiger partial charge in [-0.15, -0.1) is 0 Å². The Kier molecular flexibility index (Phi) is 5.15. The topological polar surface area (TPSA) is 94.8 Å². The molecule has 8 nitrogen and oxygen atoms in total. The van der Waals surface area contributed by atoms with Gasteiger partial charge < -0.3 is 14.4 Å². The molecule has 1 aromatic heterocycles. The number of nitrogens with zero attached hydrogens (tertiary/aromatic N) is 3. The maximum Gasteiger partial charge on any atom is 0.272 e. The van der Waals surface area contributed by atoms with Crippen LogP contribution in [-0.4, -0.2) is 29.5 Å². The minimum absolute atomic E-state index is 0.0150. The van der Waals surface area contributed by atoms with E-state index in [0.29, 0.717) is 18.7 Å². The molecule has 0 saturated carbocycles. The van der Waals surface area contributed by atoms with Gasteiger partial charge >= 0.3 is 0 Å². The van der Waals surface area contributed by atoms with Crippen LogP contribution in [0.15, 0.2) is 24.4 Å². The average molecular weight is 398 g/mol. The molecule has 0 atom stereocenters. The van der Waals surface area contributed by atoms with Crippen LogP contribution in [0.3, 0.4) is 0 Å². The van der Waals surface area contributed by atoms with Gasteiger partial charge in [0.1, 0.15) is 11.4 Å². The Morgan fingerprint density at radius 2 is 1.96 bits per heavy atom. The molecule has 26 heavy (non-hydrogen) atoms. The molecule has 1 saturated heterocycles. The van der Waals surface area contributed by atoms with Crippen molar-refractivity contribution < 1.29 is 19.2 Å². The van der Waals surface area contributed by atoms with Crippen LogP contribution in [-0.2, 0) is 4.79 Å². The largest absolute Gasteiger partial charge is 0.480 e. The molecule has 1 fully saturated rings. The fraction of sp³-hybridized carbons (Fsp3) is 0.250. The highest BCUT2D eigenvalue weighted by Crippen LogP contribution is 2.41. The molecule has 2 heterocycles. The van der Waals surface area contributed by atoms with Gasteiger partial charge in [0.25, 0.3) is 5.69 Å². The second-order valence-corrected chi connectivity index (χ2v) is 6.26. The molecule has 0 radical (unpaired) electrons. The van der Waals surface area contributed by atoms with Crippen LogP contribution in [0, 0.1) is 10.1 Å². The van der Waals surface area contributed by atoms with Gasteiger partial charge in [0.2, 0.25) is 11.8 Å². The molecule has 3 rings (SSSR count). The number of amides is 1. The van der Waals surface area contributed by atoms with Crippen molar-refractivity contribution in [1.82, 2.24) is 4.98 Å². The van der Waals surface area contributed by atoms with E-state index >= 15 is 0 Å². The van der Waals surface area contributed by atoms with E-state index in [1.807, 2.05) is 0 Å². The van der Waals surface area contributed by atoms with E-state index in [-0.39, 0.29) is 39.0 Å². The summed E-state index contributed by atoms with van der Waals surface area (Å²) in [6, 6.07) is 3.87. The number of pyridine rings is 1. The van der Waals surface area contributed by atoms with Gasteiger partial charge in [0.15, 0.2) is 5.75 Å². The van der Waals surface area contributed by atoms with Crippen molar-refractivity contribution in [2.45, 2.75) is 12.8 Å². The number of rotatable bonds is 5. The lowest BCUT2D eigenvalue weighted by molar-refractivity contribution is -0.384. The zero-order valence-electron chi connectivity index (χ0n) is 13.6. The number of benzene rings is 1. The maximum absolute atomic E-state index is 12.0. The number of halogens is 2. The zero-order valence-corrected chi connectivity index (χ0v) is 15.1. The first-order valence-electron chi connectivity index (χ1n) is 7.56. The third kappa shape index (κ3) is 3.51. The number of hydrogen-bond acceptors (Lipinski definition) is 6. The van der Waals surface area contributed by atoms with Gasteiger partial charge in [0.05, 0.1) is 28.3 Å². The molecule has 0 spiro atoms. The molecule has 136 valence electrons. The van der Waals surface area contributed by atoms with Crippen LogP contribution in [0.4, 0.5) is 11.4 Å². The van der Waals surface area contributed by atoms with Gasteiger partial charge in [-0.2, -0.15) is 0 Å². The summed E-state index contributed by atoms with van der Waals surface area (Å²) in [4.78, 5) is 28.0. The summed E-state index contributed by atoms with van der Waals surface area (Å²) in [5, 5.41) is 10.8. The molecule has 2 aromatic rings. The Morgan fingerprint density at radius 3 is 2.50 bits per heavy atom. The summed E-state index contributed by atoms with van der Waals surface area (Å²) in [6.45, 7) is 0.555. The number of carbonyl (C=O) groups is 1.